The predicted molar refractivity (Wildman–Crippen MR) is 103 cm³/mol. The maximum Gasteiger partial charge on any atom is 0.270 e. The number of nitrogens with one attached hydrogen (secondary N) is 1. The Balaban J connectivity index is 1.36. The monoisotopic (exact) mass is 380 g/mol. The number of nitrogens with zero attached hydrogens (tertiary/aromatic N) is 3. The molecule has 0 atom stereocenters. The van der Waals surface area contributed by atoms with Crippen molar-refractivity contribution in [2.45, 2.75) is 25.9 Å². The van der Waals surface area contributed by atoms with Crippen LogP contribution in [-0.2, 0) is 0 Å². The molecule has 3 heterocycles. The van der Waals surface area contributed by atoms with Gasteiger partial charge in [0.15, 0.2) is 0 Å². The number of piperidine rings is 1. The highest BCUT2D eigenvalue weighted by Gasteiger charge is 2.25. The van der Waals surface area contributed by atoms with Gasteiger partial charge in [0.2, 0.25) is 5.88 Å². The normalized spacial score (nSPS) is 14.9. The summed E-state index contributed by atoms with van der Waals surface area (Å²) in [5.74, 6) is 0.932. The van der Waals surface area contributed by atoms with E-state index in [1.807, 2.05) is 17.9 Å². The molecule has 1 fully saturated rings. The summed E-state index contributed by atoms with van der Waals surface area (Å²) in [4.78, 5) is 26.0. The standard InChI is InChI=1S/C21H21FN4O2/c1-14-23-9-6-20(25-14)28-18-7-10-26(11-8-18)21(27)19-12-16(13-24-19)15-2-4-17(22)5-3-15/h2-6,9,12-13,18,24H,7-8,10-11H2,1H3. The zero-order chi connectivity index (χ0) is 19.5. The number of carbonyl (C=O) groups is 1. The Kier molecular flexibility index (Phi) is 5.06. The third-order valence-electron chi connectivity index (χ3n) is 4.86. The molecular formula is C21H21FN4O2. The molecule has 1 saturated heterocycles. The minimum absolute atomic E-state index is 0.0373. The molecule has 0 saturated carbocycles. The van der Waals surface area contributed by atoms with Crippen LogP contribution < -0.4 is 4.74 Å². The average Bonchev–Trinajstić information content (AvgIpc) is 3.19. The van der Waals surface area contributed by atoms with Gasteiger partial charge in [-0.25, -0.2) is 9.37 Å². The molecule has 1 aliphatic heterocycles. The van der Waals surface area contributed by atoms with Crippen molar-refractivity contribution in [2.24, 2.45) is 0 Å². The van der Waals surface area contributed by atoms with Gasteiger partial charge in [0.25, 0.3) is 5.91 Å². The van der Waals surface area contributed by atoms with Gasteiger partial charge in [0.1, 0.15) is 23.4 Å². The maximum atomic E-state index is 13.1. The number of hydrogen-bond acceptors (Lipinski definition) is 4. The number of amides is 1. The van der Waals surface area contributed by atoms with Crippen molar-refractivity contribution in [3.05, 3.63) is 66.1 Å². The number of benzene rings is 1. The van der Waals surface area contributed by atoms with Crippen LogP contribution in [-0.4, -0.2) is 45.0 Å². The Bertz CT molecular complexity index is 963. The van der Waals surface area contributed by atoms with Crippen LogP contribution in [0.1, 0.15) is 29.2 Å². The molecular weight excluding hydrogens is 359 g/mol. The lowest BCUT2D eigenvalue weighted by atomic mass is 10.1. The SMILES string of the molecule is Cc1nccc(OC2CCN(C(=O)c3cc(-c4ccc(F)cc4)c[nH]3)CC2)n1. The summed E-state index contributed by atoms with van der Waals surface area (Å²) >= 11 is 0. The summed E-state index contributed by atoms with van der Waals surface area (Å²) < 4.78 is 19.0. The number of ether oxygens (including phenoxy) is 1. The van der Waals surface area contributed by atoms with E-state index in [1.165, 1.54) is 12.1 Å². The first-order valence-corrected chi connectivity index (χ1v) is 9.28. The topological polar surface area (TPSA) is 71.1 Å². The summed E-state index contributed by atoms with van der Waals surface area (Å²) in [5, 5.41) is 0. The van der Waals surface area contributed by atoms with E-state index in [9.17, 15) is 9.18 Å². The van der Waals surface area contributed by atoms with Crippen molar-refractivity contribution in [3.63, 3.8) is 0 Å². The van der Waals surface area contributed by atoms with Crippen molar-refractivity contribution in [3.8, 4) is 17.0 Å². The van der Waals surface area contributed by atoms with E-state index in [0.717, 1.165) is 24.0 Å². The fraction of sp³-hybridized carbons (Fsp3) is 0.286. The highest BCUT2D eigenvalue weighted by atomic mass is 19.1. The number of rotatable bonds is 4. The number of likely N-dealkylation sites (tertiary alicyclic amines) is 1. The van der Waals surface area contributed by atoms with Crippen LogP contribution in [0.2, 0.25) is 0 Å². The van der Waals surface area contributed by atoms with Gasteiger partial charge < -0.3 is 14.6 Å². The van der Waals surface area contributed by atoms with Crippen molar-refractivity contribution in [1.82, 2.24) is 19.9 Å². The van der Waals surface area contributed by atoms with Crippen LogP contribution in [0.3, 0.4) is 0 Å². The van der Waals surface area contributed by atoms with E-state index in [0.29, 0.717) is 30.5 Å². The smallest absolute Gasteiger partial charge is 0.270 e. The first-order chi connectivity index (χ1) is 13.6. The van der Waals surface area contributed by atoms with E-state index in [2.05, 4.69) is 15.0 Å². The number of aromatic amines is 1. The maximum absolute atomic E-state index is 13.1. The van der Waals surface area contributed by atoms with Gasteiger partial charge in [-0.2, -0.15) is 4.98 Å². The molecule has 3 aromatic rings. The van der Waals surface area contributed by atoms with Gasteiger partial charge in [-0.05, 0) is 36.2 Å². The Labute approximate surface area is 162 Å². The summed E-state index contributed by atoms with van der Waals surface area (Å²) in [7, 11) is 0. The van der Waals surface area contributed by atoms with Gasteiger partial charge in [0.05, 0.1) is 0 Å². The van der Waals surface area contributed by atoms with E-state index < -0.39 is 0 Å². The lowest BCUT2D eigenvalue weighted by Crippen LogP contribution is -2.42. The lowest BCUT2D eigenvalue weighted by molar-refractivity contribution is 0.0583. The molecule has 2 aromatic heterocycles. The van der Waals surface area contributed by atoms with Crippen LogP contribution in [0.15, 0.2) is 48.8 Å². The second-order valence-corrected chi connectivity index (χ2v) is 6.86. The second kappa shape index (κ2) is 7.80. The molecule has 0 bridgehead atoms. The highest BCUT2D eigenvalue weighted by molar-refractivity contribution is 5.94. The van der Waals surface area contributed by atoms with Crippen molar-refractivity contribution in [1.29, 1.82) is 0 Å². The first kappa shape index (κ1) is 18.2. The quantitative estimate of drug-likeness (QED) is 0.751. The summed E-state index contributed by atoms with van der Waals surface area (Å²) in [6, 6.07) is 9.78. The number of aromatic nitrogens is 3. The minimum atomic E-state index is -0.280. The molecule has 1 aromatic carbocycles. The molecule has 7 heteroatoms. The van der Waals surface area contributed by atoms with Crippen LogP contribution in [0.25, 0.3) is 11.1 Å². The predicted octanol–water partition coefficient (Wildman–Crippen LogP) is 3.60. The van der Waals surface area contributed by atoms with E-state index >= 15 is 0 Å². The summed E-state index contributed by atoms with van der Waals surface area (Å²) in [6.45, 7) is 3.07. The molecule has 1 amide bonds. The Hall–Kier alpha value is -3.22. The fourth-order valence-electron chi connectivity index (χ4n) is 3.34. The molecule has 1 aliphatic rings. The van der Waals surface area contributed by atoms with Gasteiger partial charge >= 0.3 is 0 Å². The van der Waals surface area contributed by atoms with Gasteiger partial charge in [-0.3, -0.25) is 4.79 Å². The summed E-state index contributed by atoms with van der Waals surface area (Å²) in [6.07, 6.45) is 4.99. The van der Waals surface area contributed by atoms with Crippen LogP contribution >= 0.6 is 0 Å². The molecule has 0 spiro atoms. The first-order valence-electron chi connectivity index (χ1n) is 9.28. The number of halogens is 1. The van der Waals surface area contributed by atoms with E-state index in [-0.39, 0.29) is 17.8 Å². The number of carbonyl (C=O) groups excluding carboxylic acids is 1. The average molecular weight is 380 g/mol. The lowest BCUT2D eigenvalue weighted by Gasteiger charge is -2.31. The Morgan fingerprint density at radius 2 is 1.93 bits per heavy atom. The molecule has 144 valence electrons. The Morgan fingerprint density at radius 1 is 1.18 bits per heavy atom. The van der Waals surface area contributed by atoms with E-state index in [4.69, 9.17) is 4.74 Å². The second-order valence-electron chi connectivity index (χ2n) is 6.86. The van der Waals surface area contributed by atoms with Crippen molar-refractivity contribution in [2.75, 3.05) is 13.1 Å². The minimum Gasteiger partial charge on any atom is -0.474 e. The van der Waals surface area contributed by atoms with Gasteiger partial charge in [-0.15, -0.1) is 0 Å². The van der Waals surface area contributed by atoms with Gasteiger partial charge in [0, 0.05) is 44.4 Å². The van der Waals surface area contributed by atoms with Gasteiger partial charge in [-0.1, -0.05) is 12.1 Å². The number of hydrogen-bond donors (Lipinski definition) is 1. The molecule has 4 rings (SSSR count). The molecule has 0 radical (unpaired) electrons. The molecule has 0 aliphatic carbocycles. The van der Waals surface area contributed by atoms with Crippen molar-refractivity contribution < 1.29 is 13.9 Å². The third-order valence-corrected chi connectivity index (χ3v) is 4.86. The van der Waals surface area contributed by atoms with Crippen LogP contribution in [0.4, 0.5) is 4.39 Å². The van der Waals surface area contributed by atoms with Crippen molar-refractivity contribution >= 4 is 5.91 Å². The van der Waals surface area contributed by atoms with E-state index in [1.54, 1.807) is 30.6 Å². The largest absolute Gasteiger partial charge is 0.474 e. The van der Waals surface area contributed by atoms with Crippen LogP contribution in [0.5, 0.6) is 5.88 Å². The highest BCUT2D eigenvalue weighted by Crippen LogP contribution is 2.23. The number of H-pyrrole nitrogens is 1. The summed E-state index contributed by atoms with van der Waals surface area (Å²) in [5.41, 5.74) is 2.26. The molecule has 6 nitrogen and oxygen atoms in total. The third kappa shape index (κ3) is 4.03. The molecule has 28 heavy (non-hydrogen) atoms. The van der Waals surface area contributed by atoms with Crippen LogP contribution in [0, 0.1) is 12.7 Å². The Morgan fingerprint density at radius 3 is 2.64 bits per heavy atom. The number of aryl methyl sites for hydroxylation is 1. The molecule has 1 N–H and O–H groups in total. The fourth-order valence-corrected chi connectivity index (χ4v) is 3.34. The zero-order valence-corrected chi connectivity index (χ0v) is 15.6. The molecule has 0 unspecified atom stereocenters. The zero-order valence-electron chi connectivity index (χ0n) is 15.6.